The zero-order valence-corrected chi connectivity index (χ0v) is 9.82. The fraction of sp³-hybridized carbons (Fsp3) is 0.385. The number of Topliss-reactive ketones (excluding diaryl/α,β-unsaturated/α-hetero) is 1. The average molecular weight is 220 g/mol. The van der Waals surface area contributed by atoms with Gasteiger partial charge in [0, 0.05) is 5.56 Å². The van der Waals surface area contributed by atoms with Gasteiger partial charge in [0.2, 0.25) is 0 Å². The lowest BCUT2D eigenvalue weighted by atomic mass is 9.99. The second-order valence-corrected chi connectivity index (χ2v) is 4.83. The zero-order valence-electron chi connectivity index (χ0n) is 9.82. The van der Waals surface area contributed by atoms with Crippen LogP contribution in [0, 0.1) is 5.41 Å². The van der Waals surface area contributed by atoms with E-state index >= 15 is 0 Å². The molecule has 0 radical (unpaired) electrons. The molecule has 0 atom stereocenters. The molecule has 3 heteroatoms. The summed E-state index contributed by atoms with van der Waals surface area (Å²) in [7, 11) is 0. The largest absolute Gasteiger partial charge is 0.459 e. The van der Waals surface area contributed by atoms with Crippen LogP contribution in [-0.2, 0) is 9.53 Å². The maximum absolute atomic E-state index is 11.6. The number of ketones is 1. The first-order valence-corrected chi connectivity index (χ1v) is 5.17. The van der Waals surface area contributed by atoms with Crippen LogP contribution in [0.15, 0.2) is 30.3 Å². The molecule has 0 saturated carbocycles. The molecule has 0 aliphatic heterocycles. The Morgan fingerprint density at radius 3 is 2.19 bits per heavy atom. The molecule has 0 N–H and O–H groups in total. The van der Waals surface area contributed by atoms with Crippen molar-refractivity contribution in [2.75, 3.05) is 6.61 Å². The fourth-order valence-electron chi connectivity index (χ4n) is 1.05. The fourth-order valence-corrected chi connectivity index (χ4v) is 1.05. The van der Waals surface area contributed by atoms with Crippen molar-refractivity contribution in [3.63, 3.8) is 0 Å². The summed E-state index contributed by atoms with van der Waals surface area (Å²) in [4.78, 5) is 23.0. The minimum Gasteiger partial charge on any atom is -0.459 e. The average Bonchev–Trinajstić information content (AvgIpc) is 2.25. The van der Waals surface area contributed by atoms with Crippen LogP contribution in [-0.4, -0.2) is 18.4 Å². The van der Waals surface area contributed by atoms with Crippen LogP contribution in [0.4, 0.5) is 0 Å². The number of hydrogen-bond donors (Lipinski definition) is 0. The molecular formula is C13H16O3. The second-order valence-electron chi connectivity index (χ2n) is 4.83. The van der Waals surface area contributed by atoms with Gasteiger partial charge in [0.1, 0.15) is 0 Å². The van der Waals surface area contributed by atoms with Crippen molar-refractivity contribution in [3.05, 3.63) is 35.9 Å². The Kier molecular flexibility index (Phi) is 3.82. The first-order chi connectivity index (χ1) is 7.40. The second kappa shape index (κ2) is 4.92. The summed E-state index contributed by atoms with van der Waals surface area (Å²) in [6.07, 6.45) is 0. The summed E-state index contributed by atoms with van der Waals surface area (Å²) in [5.74, 6) is -1.38. The minimum absolute atomic E-state index is 0.132. The van der Waals surface area contributed by atoms with E-state index in [1.54, 1.807) is 30.3 Å². The van der Waals surface area contributed by atoms with Crippen LogP contribution in [0.2, 0.25) is 0 Å². The molecule has 0 unspecified atom stereocenters. The van der Waals surface area contributed by atoms with Crippen LogP contribution >= 0.6 is 0 Å². The Hall–Kier alpha value is -1.64. The molecular weight excluding hydrogens is 204 g/mol. The lowest BCUT2D eigenvalue weighted by Crippen LogP contribution is -2.23. The highest BCUT2D eigenvalue weighted by Crippen LogP contribution is 2.13. The molecule has 0 bridgehead atoms. The summed E-state index contributed by atoms with van der Waals surface area (Å²) in [6.45, 7) is 6.05. The van der Waals surface area contributed by atoms with E-state index < -0.39 is 11.8 Å². The molecule has 0 amide bonds. The van der Waals surface area contributed by atoms with Crippen molar-refractivity contribution in [3.8, 4) is 0 Å². The van der Waals surface area contributed by atoms with Crippen molar-refractivity contribution in [1.82, 2.24) is 0 Å². The van der Waals surface area contributed by atoms with Crippen LogP contribution in [0.25, 0.3) is 0 Å². The van der Waals surface area contributed by atoms with Crippen LogP contribution in [0.3, 0.4) is 0 Å². The Balaban J connectivity index is 2.59. The predicted octanol–water partition coefficient (Wildman–Crippen LogP) is 2.46. The quantitative estimate of drug-likeness (QED) is 0.446. The van der Waals surface area contributed by atoms with E-state index in [9.17, 15) is 9.59 Å². The number of esters is 1. The van der Waals surface area contributed by atoms with Gasteiger partial charge in [-0.15, -0.1) is 0 Å². The minimum atomic E-state index is -0.791. The summed E-state index contributed by atoms with van der Waals surface area (Å²) in [5.41, 5.74) is 0.230. The molecule has 1 aromatic rings. The highest BCUT2D eigenvalue weighted by Gasteiger charge is 2.20. The highest BCUT2D eigenvalue weighted by molar-refractivity contribution is 6.40. The molecule has 0 spiro atoms. The molecule has 16 heavy (non-hydrogen) atoms. The van der Waals surface area contributed by atoms with Crippen molar-refractivity contribution < 1.29 is 14.3 Å². The van der Waals surface area contributed by atoms with Gasteiger partial charge < -0.3 is 4.74 Å². The maximum atomic E-state index is 11.6. The normalized spacial score (nSPS) is 10.9. The Morgan fingerprint density at radius 1 is 1.12 bits per heavy atom. The molecule has 1 rings (SSSR count). The summed E-state index contributed by atoms with van der Waals surface area (Å²) >= 11 is 0. The lowest BCUT2D eigenvalue weighted by Gasteiger charge is -2.17. The van der Waals surface area contributed by atoms with E-state index in [4.69, 9.17) is 4.74 Å². The smallest absolute Gasteiger partial charge is 0.379 e. The van der Waals surface area contributed by atoms with Crippen molar-refractivity contribution >= 4 is 11.8 Å². The van der Waals surface area contributed by atoms with E-state index in [1.807, 2.05) is 20.8 Å². The first kappa shape index (κ1) is 12.4. The van der Waals surface area contributed by atoms with Gasteiger partial charge in [-0.3, -0.25) is 4.79 Å². The van der Waals surface area contributed by atoms with Gasteiger partial charge in [-0.25, -0.2) is 4.79 Å². The molecule has 86 valence electrons. The number of rotatable bonds is 3. The molecule has 0 fully saturated rings. The summed E-state index contributed by atoms with van der Waals surface area (Å²) < 4.78 is 4.93. The molecule has 0 aliphatic carbocycles. The Bertz CT molecular complexity index is 374. The van der Waals surface area contributed by atoms with Crippen LogP contribution in [0.5, 0.6) is 0 Å². The molecule has 0 saturated heterocycles. The van der Waals surface area contributed by atoms with Gasteiger partial charge in [-0.1, -0.05) is 51.1 Å². The van der Waals surface area contributed by atoms with E-state index in [1.165, 1.54) is 0 Å². The standard InChI is InChI=1S/C13H16O3/c1-13(2,3)9-16-12(15)11(14)10-7-5-4-6-8-10/h4-8H,9H2,1-3H3. The number of carbonyl (C=O) groups is 2. The third-order valence-corrected chi connectivity index (χ3v) is 1.86. The molecule has 0 aliphatic rings. The third-order valence-electron chi connectivity index (χ3n) is 1.86. The summed E-state index contributed by atoms with van der Waals surface area (Å²) in [6, 6.07) is 8.41. The molecule has 1 aromatic carbocycles. The molecule has 3 nitrogen and oxygen atoms in total. The van der Waals surface area contributed by atoms with Gasteiger partial charge in [0.05, 0.1) is 6.61 Å². The first-order valence-electron chi connectivity index (χ1n) is 5.17. The van der Waals surface area contributed by atoms with Gasteiger partial charge in [0.25, 0.3) is 5.78 Å². The number of hydrogen-bond acceptors (Lipinski definition) is 3. The van der Waals surface area contributed by atoms with Gasteiger partial charge in [-0.05, 0) is 5.41 Å². The topological polar surface area (TPSA) is 43.4 Å². The molecule has 0 aromatic heterocycles. The zero-order chi connectivity index (χ0) is 12.2. The van der Waals surface area contributed by atoms with Crippen molar-refractivity contribution in [2.45, 2.75) is 20.8 Å². The van der Waals surface area contributed by atoms with Crippen molar-refractivity contribution in [2.24, 2.45) is 5.41 Å². The predicted molar refractivity (Wildman–Crippen MR) is 61.2 cm³/mol. The van der Waals surface area contributed by atoms with Crippen molar-refractivity contribution in [1.29, 1.82) is 0 Å². The Morgan fingerprint density at radius 2 is 1.69 bits per heavy atom. The maximum Gasteiger partial charge on any atom is 0.379 e. The van der Waals surface area contributed by atoms with Crippen LogP contribution in [0.1, 0.15) is 31.1 Å². The van der Waals surface area contributed by atoms with E-state index in [-0.39, 0.29) is 12.0 Å². The van der Waals surface area contributed by atoms with E-state index in [0.717, 1.165) is 0 Å². The summed E-state index contributed by atoms with van der Waals surface area (Å²) in [5, 5.41) is 0. The lowest BCUT2D eigenvalue weighted by molar-refractivity contribution is -0.140. The Labute approximate surface area is 95.4 Å². The van der Waals surface area contributed by atoms with E-state index in [2.05, 4.69) is 0 Å². The van der Waals surface area contributed by atoms with Crippen LogP contribution < -0.4 is 0 Å². The SMILES string of the molecule is CC(C)(C)COC(=O)C(=O)c1ccccc1. The number of ether oxygens (including phenoxy) is 1. The number of carbonyl (C=O) groups excluding carboxylic acids is 2. The monoisotopic (exact) mass is 220 g/mol. The molecule has 0 heterocycles. The highest BCUT2D eigenvalue weighted by atomic mass is 16.5. The van der Waals surface area contributed by atoms with E-state index in [0.29, 0.717) is 5.56 Å². The third kappa shape index (κ3) is 3.85. The van der Waals surface area contributed by atoms with Gasteiger partial charge in [0.15, 0.2) is 0 Å². The van der Waals surface area contributed by atoms with Gasteiger partial charge >= 0.3 is 5.97 Å². The number of benzene rings is 1. The van der Waals surface area contributed by atoms with Gasteiger partial charge in [-0.2, -0.15) is 0 Å².